The second kappa shape index (κ2) is 6.04. The Bertz CT molecular complexity index is 654. The Balaban J connectivity index is 1.76. The van der Waals surface area contributed by atoms with Crippen LogP contribution in [0.2, 0.25) is 0 Å². The first-order valence-corrected chi connectivity index (χ1v) is 7.83. The molecule has 22 heavy (non-hydrogen) atoms. The van der Waals surface area contributed by atoms with Crippen molar-refractivity contribution in [2.75, 3.05) is 18.0 Å². The highest BCUT2D eigenvalue weighted by Gasteiger charge is 2.33. The molecule has 2 N–H and O–H groups in total. The molecule has 2 aromatic heterocycles. The molecular formula is C16H23N5O. The maximum absolute atomic E-state index is 10.4. The molecule has 3 rings (SSSR count). The Labute approximate surface area is 130 Å². The average molecular weight is 301 g/mol. The number of aryl methyl sites for hydroxylation is 3. The average Bonchev–Trinajstić information content (AvgIpc) is 3.06. The van der Waals surface area contributed by atoms with Crippen molar-refractivity contribution in [3.8, 4) is 0 Å². The number of H-pyrrole nitrogens is 1. The largest absolute Gasteiger partial charge is 0.391 e. The van der Waals surface area contributed by atoms with Crippen LogP contribution < -0.4 is 4.90 Å². The zero-order chi connectivity index (χ0) is 15.7. The van der Waals surface area contributed by atoms with Crippen LogP contribution in [0.3, 0.4) is 0 Å². The molecule has 2 aromatic rings. The van der Waals surface area contributed by atoms with Crippen LogP contribution in [0.25, 0.3) is 0 Å². The van der Waals surface area contributed by atoms with Gasteiger partial charge in [-0.3, -0.25) is 5.10 Å². The fourth-order valence-electron chi connectivity index (χ4n) is 3.08. The van der Waals surface area contributed by atoms with Crippen molar-refractivity contribution in [2.45, 2.75) is 39.7 Å². The Morgan fingerprint density at radius 3 is 2.86 bits per heavy atom. The standard InChI is InChI=1S/C16H23N5O/c1-4-12-7-17-11(3)18-16(12)21-8-13(15(22)9-21)6-14-5-10(2)19-20-14/h5,7,13,15,22H,4,6,8-9H2,1-3H3,(H,19,20)/t13-,15-/m1/s1. The lowest BCUT2D eigenvalue weighted by molar-refractivity contribution is 0.148. The molecule has 1 saturated heterocycles. The second-order valence-electron chi connectivity index (χ2n) is 6.10. The topological polar surface area (TPSA) is 77.9 Å². The van der Waals surface area contributed by atoms with Gasteiger partial charge in [0.2, 0.25) is 0 Å². The zero-order valence-electron chi connectivity index (χ0n) is 13.4. The molecule has 0 aromatic carbocycles. The third-order valence-electron chi connectivity index (χ3n) is 4.28. The Morgan fingerprint density at radius 2 is 2.18 bits per heavy atom. The molecular weight excluding hydrogens is 278 g/mol. The Hall–Kier alpha value is -1.95. The van der Waals surface area contributed by atoms with Gasteiger partial charge in [0.25, 0.3) is 0 Å². The summed E-state index contributed by atoms with van der Waals surface area (Å²) in [7, 11) is 0. The highest BCUT2D eigenvalue weighted by molar-refractivity contribution is 5.47. The Morgan fingerprint density at radius 1 is 1.36 bits per heavy atom. The molecule has 0 aliphatic carbocycles. The highest BCUT2D eigenvalue weighted by Crippen LogP contribution is 2.27. The fourth-order valence-corrected chi connectivity index (χ4v) is 3.08. The van der Waals surface area contributed by atoms with E-state index in [1.165, 1.54) is 0 Å². The number of rotatable bonds is 4. The maximum atomic E-state index is 10.4. The SMILES string of the molecule is CCc1cnc(C)nc1N1C[C@@H](Cc2cc(C)[nH]n2)[C@H](O)C1. The van der Waals surface area contributed by atoms with Crippen molar-refractivity contribution in [1.82, 2.24) is 20.2 Å². The monoisotopic (exact) mass is 301 g/mol. The molecule has 6 nitrogen and oxygen atoms in total. The molecule has 0 saturated carbocycles. The summed E-state index contributed by atoms with van der Waals surface area (Å²) < 4.78 is 0. The molecule has 1 aliphatic rings. The third kappa shape index (κ3) is 2.97. The van der Waals surface area contributed by atoms with E-state index in [-0.39, 0.29) is 12.0 Å². The number of aromatic amines is 1. The van der Waals surface area contributed by atoms with Gasteiger partial charge in [-0.1, -0.05) is 6.92 Å². The third-order valence-corrected chi connectivity index (χ3v) is 4.28. The highest BCUT2D eigenvalue weighted by atomic mass is 16.3. The van der Waals surface area contributed by atoms with Gasteiger partial charge in [0.05, 0.1) is 11.8 Å². The number of hydrogen-bond donors (Lipinski definition) is 2. The lowest BCUT2D eigenvalue weighted by Crippen LogP contribution is -2.24. The predicted molar refractivity (Wildman–Crippen MR) is 84.9 cm³/mol. The number of nitrogens with zero attached hydrogens (tertiary/aromatic N) is 4. The van der Waals surface area contributed by atoms with E-state index >= 15 is 0 Å². The molecule has 0 unspecified atom stereocenters. The minimum Gasteiger partial charge on any atom is -0.391 e. The van der Waals surface area contributed by atoms with Crippen molar-refractivity contribution < 1.29 is 5.11 Å². The molecule has 0 bridgehead atoms. The van der Waals surface area contributed by atoms with Gasteiger partial charge in [0.1, 0.15) is 11.6 Å². The van der Waals surface area contributed by atoms with Crippen LogP contribution in [0.5, 0.6) is 0 Å². The summed E-state index contributed by atoms with van der Waals surface area (Å²) in [6, 6.07) is 2.04. The van der Waals surface area contributed by atoms with E-state index in [0.29, 0.717) is 6.54 Å². The van der Waals surface area contributed by atoms with Crippen LogP contribution in [0.15, 0.2) is 12.3 Å². The van der Waals surface area contributed by atoms with Crippen molar-refractivity contribution in [3.05, 3.63) is 35.0 Å². The van der Waals surface area contributed by atoms with E-state index < -0.39 is 0 Å². The fraction of sp³-hybridized carbons (Fsp3) is 0.562. The second-order valence-corrected chi connectivity index (χ2v) is 6.10. The summed E-state index contributed by atoms with van der Waals surface area (Å²) in [4.78, 5) is 11.0. The lowest BCUT2D eigenvalue weighted by atomic mass is 10.0. The summed E-state index contributed by atoms with van der Waals surface area (Å²) in [5.74, 6) is 1.92. The van der Waals surface area contributed by atoms with E-state index in [2.05, 4.69) is 32.0 Å². The minimum atomic E-state index is -0.350. The summed E-state index contributed by atoms with van der Waals surface area (Å²) in [5, 5.41) is 17.6. The van der Waals surface area contributed by atoms with Crippen molar-refractivity contribution >= 4 is 5.82 Å². The molecule has 1 fully saturated rings. The van der Waals surface area contributed by atoms with Crippen LogP contribution in [0.1, 0.15) is 29.7 Å². The van der Waals surface area contributed by atoms with Crippen LogP contribution in [0.4, 0.5) is 5.82 Å². The van der Waals surface area contributed by atoms with E-state index in [1.807, 2.05) is 26.1 Å². The van der Waals surface area contributed by atoms with Gasteiger partial charge < -0.3 is 10.0 Å². The minimum absolute atomic E-state index is 0.183. The normalized spacial score (nSPS) is 21.5. The van der Waals surface area contributed by atoms with Gasteiger partial charge in [0.15, 0.2) is 0 Å². The van der Waals surface area contributed by atoms with Gasteiger partial charge in [-0.05, 0) is 32.8 Å². The quantitative estimate of drug-likeness (QED) is 0.893. The van der Waals surface area contributed by atoms with E-state index in [4.69, 9.17) is 0 Å². The number of hydrogen-bond acceptors (Lipinski definition) is 5. The summed E-state index contributed by atoms with van der Waals surface area (Å²) in [6.07, 6.45) is 3.23. The number of aromatic nitrogens is 4. The molecule has 118 valence electrons. The summed E-state index contributed by atoms with van der Waals surface area (Å²) in [5.41, 5.74) is 3.20. The van der Waals surface area contributed by atoms with Crippen LogP contribution >= 0.6 is 0 Å². The van der Waals surface area contributed by atoms with Crippen LogP contribution in [-0.4, -0.2) is 44.5 Å². The first-order chi connectivity index (χ1) is 10.6. The summed E-state index contributed by atoms with van der Waals surface area (Å²) in [6.45, 7) is 7.42. The van der Waals surface area contributed by atoms with E-state index in [0.717, 1.165) is 48.0 Å². The van der Waals surface area contributed by atoms with Gasteiger partial charge in [-0.25, -0.2) is 9.97 Å². The van der Waals surface area contributed by atoms with Crippen molar-refractivity contribution in [2.24, 2.45) is 5.92 Å². The lowest BCUT2D eigenvalue weighted by Gasteiger charge is -2.20. The maximum Gasteiger partial charge on any atom is 0.135 e. The number of aliphatic hydroxyl groups excluding tert-OH is 1. The Kier molecular flexibility index (Phi) is 4.11. The molecule has 6 heteroatoms. The van der Waals surface area contributed by atoms with Gasteiger partial charge in [0, 0.05) is 36.5 Å². The van der Waals surface area contributed by atoms with Crippen LogP contribution in [0, 0.1) is 19.8 Å². The van der Waals surface area contributed by atoms with Crippen LogP contribution in [-0.2, 0) is 12.8 Å². The summed E-state index contributed by atoms with van der Waals surface area (Å²) >= 11 is 0. The number of aliphatic hydroxyl groups is 1. The molecule has 0 radical (unpaired) electrons. The predicted octanol–water partition coefficient (Wildman–Crippen LogP) is 1.42. The number of nitrogens with one attached hydrogen (secondary N) is 1. The first-order valence-electron chi connectivity index (χ1n) is 7.83. The van der Waals surface area contributed by atoms with Gasteiger partial charge in [-0.15, -0.1) is 0 Å². The number of β-amino-alcohol motifs (C(OH)–C–C–N with tert-alkyl or cyclic N) is 1. The zero-order valence-corrected chi connectivity index (χ0v) is 13.4. The first kappa shape index (κ1) is 15.0. The van der Waals surface area contributed by atoms with Gasteiger partial charge in [-0.2, -0.15) is 5.10 Å². The molecule has 2 atom stereocenters. The van der Waals surface area contributed by atoms with Crippen molar-refractivity contribution in [3.63, 3.8) is 0 Å². The molecule has 0 spiro atoms. The van der Waals surface area contributed by atoms with Gasteiger partial charge >= 0.3 is 0 Å². The molecule has 0 amide bonds. The smallest absolute Gasteiger partial charge is 0.135 e. The van der Waals surface area contributed by atoms with Crippen molar-refractivity contribution in [1.29, 1.82) is 0 Å². The van der Waals surface area contributed by atoms with E-state index in [1.54, 1.807) is 0 Å². The van der Waals surface area contributed by atoms with E-state index in [9.17, 15) is 5.11 Å². The molecule has 1 aliphatic heterocycles. The molecule has 3 heterocycles. The number of anilines is 1.